The topological polar surface area (TPSA) is 75.5 Å². The van der Waals surface area contributed by atoms with E-state index >= 15 is 0 Å². The van der Waals surface area contributed by atoms with Gasteiger partial charge in [-0.05, 0) is 57.7 Å². The van der Waals surface area contributed by atoms with Gasteiger partial charge in [0.25, 0.3) is 15.9 Å². The average Bonchev–Trinajstić information content (AvgIpc) is 3.54. The van der Waals surface area contributed by atoms with Crippen LogP contribution >= 0.6 is 11.3 Å². The highest BCUT2D eigenvalue weighted by molar-refractivity contribution is 7.93. The van der Waals surface area contributed by atoms with Gasteiger partial charge >= 0.3 is 0 Å². The van der Waals surface area contributed by atoms with Crippen LogP contribution in [0.1, 0.15) is 46.4 Å². The summed E-state index contributed by atoms with van der Waals surface area (Å²) in [6.07, 6.45) is 2.77. The fraction of sp³-hybridized carbons (Fsp3) is 0.417. The lowest BCUT2D eigenvalue weighted by atomic mass is 10.1. The molecule has 2 aliphatic heterocycles. The molecule has 0 N–H and O–H groups in total. The number of aromatic nitrogens is 2. The number of sulfonamides is 1. The SMILES string of the molecule is Cc1nc(-c2cc(S(=O)(=O)N3c4ccccc4C[C@H]3C)c(C)n2C)sc1C(=O)N1CCCC1. The number of thiazole rings is 1. The van der Waals surface area contributed by atoms with Crippen LogP contribution in [-0.2, 0) is 23.5 Å². The summed E-state index contributed by atoms with van der Waals surface area (Å²) in [6.45, 7) is 7.18. The molecule has 2 aliphatic rings. The fourth-order valence-electron chi connectivity index (χ4n) is 4.92. The molecular formula is C24H28N4O3S2. The van der Waals surface area contributed by atoms with E-state index < -0.39 is 10.0 Å². The monoisotopic (exact) mass is 484 g/mol. The molecule has 0 saturated carbocycles. The number of likely N-dealkylation sites (tertiary alicyclic amines) is 1. The van der Waals surface area contributed by atoms with Crippen LogP contribution in [0.25, 0.3) is 10.7 Å². The highest BCUT2D eigenvalue weighted by atomic mass is 32.2. The third-order valence-corrected chi connectivity index (χ3v) is 9.99. The molecule has 0 aliphatic carbocycles. The third kappa shape index (κ3) is 3.49. The van der Waals surface area contributed by atoms with Crippen molar-refractivity contribution in [1.29, 1.82) is 0 Å². The summed E-state index contributed by atoms with van der Waals surface area (Å²) < 4.78 is 31.0. The maximum atomic E-state index is 13.8. The number of rotatable bonds is 4. The Morgan fingerprint density at radius 1 is 1.15 bits per heavy atom. The number of para-hydroxylation sites is 1. The largest absolute Gasteiger partial charge is 0.345 e. The van der Waals surface area contributed by atoms with Crippen molar-refractivity contribution in [3.05, 3.63) is 52.2 Å². The maximum absolute atomic E-state index is 13.8. The van der Waals surface area contributed by atoms with Gasteiger partial charge in [0.2, 0.25) is 0 Å². The molecule has 5 rings (SSSR count). The van der Waals surface area contributed by atoms with E-state index in [4.69, 9.17) is 0 Å². The standard InChI is InChI=1S/C24H28N4O3S2/c1-15-13-18-9-5-6-10-19(18)28(15)33(30,31)21-14-20(26(4)17(21)3)23-25-16(2)22(32-23)24(29)27-11-7-8-12-27/h5-6,9-10,14-15H,7-8,11-13H2,1-4H3/t15-/m1/s1. The minimum Gasteiger partial charge on any atom is -0.345 e. The second-order valence-corrected chi connectivity index (χ2v) is 11.7. The van der Waals surface area contributed by atoms with Crippen LogP contribution in [0.5, 0.6) is 0 Å². The van der Waals surface area contributed by atoms with Crippen LogP contribution in [0.4, 0.5) is 5.69 Å². The number of aryl methyl sites for hydroxylation is 1. The summed E-state index contributed by atoms with van der Waals surface area (Å²) in [5.74, 6) is 0.0232. The van der Waals surface area contributed by atoms with E-state index in [1.807, 2.05) is 61.6 Å². The molecule has 174 valence electrons. The zero-order valence-corrected chi connectivity index (χ0v) is 21.0. The van der Waals surface area contributed by atoms with Crippen molar-refractivity contribution in [1.82, 2.24) is 14.5 Å². The first-order valence-corrected chi connectivity index (χ1v) is 13.5. The molecule has 2 aromatic heterocycles. The van der Waals surface area contributed by atoms with E-state index in [1.165, 1.54) is 11.3 Å². The summed E-state index contributed by atoms with van der Waals surface area (Å²) >= 11 is 1.34. The van der Waals surface area contributed by atoms with Gasteiger partial charge in [-0.2, -0.15) is 0 Å². The van der Waals surface area contributed by atoms with Gasteiger partial charge in [0, 0.05) is 31.9 Å². The molecule has 0 unspecified atom stereocenters. The summed E-state index contributed by atoms with van der Waals surface area (Å²) in [4.78, 5) is 20.4. The highest BCUT2D eigenvalue weighted by Crippen LogP contribution is 2.39. The Morgan fingerprint density at radius 2 is 1.85 bits per heavy atom. The number of hydrogen-bond donors (Lipinski definition) is 0. The predicted octanol–water partition coefficient (Wildman–Crippen LogP) is 4.14. The summed E-state index contributed by atoms with van der Waals surface area (Å²) in [7, 11) is -1.91. The summed E-state index contributed by atoms with van der Waals surface area (Å²) in [5, 5.41) is 0.664. The van der Waals surface area contributed by atoms with E-state index in [2.05, 4.69) is 4.98 Å². The molecule has 0 bridgehead atoms. The molecule has 9 heteroatoms. The molecule has 7 nitrogen and oxygen atoms in total. The molecule has 0 spiro atoms. The summed E-state index contributed by atoms with van der Waals surface area (Å²) in [6, 6.07) is 9.24. The van der Waals surface area contributed by atoms with Crippen LogP contribution in [0.2, 0.25) is 0 Å². The van der Waals surface area contributed by atoms with Gasteiger partial charge in [-0.1, -0.05) is 18.2 Å². The smallest absolute Gasteiger partial charge is 0.266 e. The molecule has 1 fully saturated rings. The molecule has 1 saturated heterocycles. The second-order valence-electron chi connectivity index (χ2n) is 8.95. The molecule has 4 heterocycles. The number of anilines is 1. The number of amides is 1. The lowest BCUT2D eigenvalue weighted by Gasteiger charge is -2.24. The first kappa shape index (κ1) is 22.2. The Labute approximate surface area is 198 Å². The molecule has 0 radical (unpaired) electrons. The first-order chi connectivity index (χ1) is 15.7. The highest BCUT2D eigenvalue weighted by Gasteiger charge is 2.38. The predicted molar refractivity (Wildman–Crippen MR) is 130 cm³/mol. The van der Waals surface area contributed by atoms with Gasteiger partial charge in [-0.15, -0.1) is 11.3 Å². The van der Waals surface area contributed by atoms with Gasteiger partial charge in [0.15, 0.2) is 0 Å². The van der Waals surface area contributed by atoms with Gasteiger partial charge in [0.05, 0.1) is 17.1 Å². The number of benzene rings is 1. The van der Waals surface area contributed by atoms with Gasteiger partial charge in [0.1, 0.15) is 14.8 Å². The van der Waals surface area contributed by atoms with E-state index in [9.17, 15) is 13.2 Å². The molecule has 1 amide bonds. The lowest BCUT2D eigenvalue weighted by molar-refractivity contribution is 0.0796. The van der Waals surface area contributed by atoms with Crippen LogP contribution < -0.4 is 4.31 Å². The third-order valence-electron chi connectivity index (χ3n) is 6.77. The minimum atomic E-state index is -3.76. The van der Waals surface area contributed by atoms with E-state index in [0.717, 1.165) is 37.2 Å². The number of nitrogens with zero attached hydrogens (tertiary/aromatic N) is 4. The zero-order valence-electron chi connectivity index (χ0n) is 19.3. The normalized spacial score (nSPS) is 18.2. The molecule has 3 aromatic rings. The van der Waals surface area contributed by atoms with Crippen LogP contribution in [0.15, 0.2) is 35.2 Å². The van der Waals surface area contributed by atoms with E-state index in [1.54, 1.807) is 10.4 Å². The Balaban J connectivity index is 1.54. The van der Waals surface area contributed by atoms with Gasteiger partial charge < -0.3 is 9.47 Å². The quantitative estimate of drug-likeness (QED) is 0.558. The lowest BCUT2D eigenvalue weighted by Crippen LogP contribution is -2.35. The van der Waals surface area contributed by atoms with Crippen molar-refractivity contribution in [2.75, 3.05) is 17.4 Å². The zero-order chi connectivity index (χ0) is 23.5. The average molecular weight is 485 g/mol. The molecule has 33 heavy (non-hydrogen) atoms. The fourth-order valence-corrected chi connectivity index (χ4v) is 7.97. The molecule has 1 aromatic carbocycles. The van der Waals surface area contributed by atoms with Crippen LogP contribution in [0.3, 0.4) is 0 Å². The van der Waals surface area contributed by atoms with Crippen LogP contribution in [-0.4, -0.2) is 47.9 Å². The van der Waals surface area contributed by atoms with Crippen molar-refractivity contribution >= 4 is 33.0 Å². The van der Waals surface area contributed by atoms with Crippen molar-refractivity contribution in [2.24, 2.45) is 7.05 Å². The van der Waals surface area contributed by atoms with Crippen molar-refractivity contribution in [2.45, 2.75) is 51.0 Å². The van der Waals surface area contributed by atoms with Gasteiger partial charge in [-0.25, -0.2) is 13.4 Å². The number of fused-ring (bicyclic) bond motifs is 1. The van der Waals surface area contributed by atoms with Crippen molar-refractivity contribution in [3.8, 4) is 10.7 Å². The Bertz CT molecular complexity index is 1350. The van der Waals surface area contributed by atoms with Crippen molar-refractivity contribution < 1.29 is 13.2 Å². The first-order valence-electron chi connectivity index (χ1n) is 11.3. The van der Waals surface area contributed by atoms with Crippen molar-refractivity contribution in [3.63, 3.8) is 0 Å². The number of carbonyl (C=O) groups is 1. The molecular weight excluding hydrogens is 456 g/mol. The summed E-state index contributed by atoms with van der Waals surface area (Å²) in [5.41, 5.74) is 3.85. The van der Waals surface area contributed by atoms with Crippen LogP contribution in [0, 0.1) is 13.8 Å². The van der Waals surface area contributed by atoms with E-state index in [0.29, 0.717) is 33.4 Å². The molecule has 1 atom stereocenters. The maximum Gasteiger partial charge on any atom is 0.266 e. The van der Waals surface area contributed by atoms with E-state index in [-0.39, 0.29) is 16.8 Å². The second kappa shape index (κ2) is 7.99. The number of hydrogen-bond acceptors (Lipinski definition) is 5. The van der Waals surface area contributed by atoms with Gasteiger partial charge in [-0.3, -0.25) is 9.10 Å². The minimum absolute atomic E-state index is 0.0232. The Kier molecular flexibility index (Phi) is 5.36. The Hall–Kier alpha value is -2.65. The number of carbonyl (C=O) groups excluding carboxylic acids is 1. The Morgan fingerprint density at radius 3 is 2.58 bits per heavy atom.